The van der Waals surface area contributed by atoms with Crippen LogP contribution in [0.2, 0.25) is 5.02 Å². The van der Waals surface area contributed by atoms with Gasteiger partial charge < -0.3 is 30.7 Å². The van der Waals surface area contributed by atoms with Gasteiger partial charge in [0.05, 0.1) is 29.4 Å². The first-order chi connectivity index (χ1) is 16.9. The van der Waals surface area contributed by atoms with Crippen molar-refractivity contribution in [1.82, 2.24) is 19.8 Å². The summed E-state index contributed by atoms with van der Waals surface area (Å²) < 4.78 is 5.86. The number of aromatic nitrogens is 2. The molecular formula is C23H28ClN7O4. The van der Waals surface area contributed by atoms with Gasteiger partial charge in [-0.2, -0.15) is 0 Å². The highest BCUT2D eigenvalue weighted by Gasteiger charge is 2.30. The average molecular weight is 502 g/mol. The molecule has 2 aliphatic rings. The van der Waals surface area contributed by atoms with E-state index in [4.69, 9.17) is 16.3 Å². The fraction of sp³-hybridized carbons (Fsp3) is 0.391. The van der Waals surface area contributed by atoms with Crippen molar-refractivity contribution in [1.29, 1.82) is 0 Å². The normalized spacial score (nSPS) is 21.2. The minimum atomic E-state index is -0.669. The van der Waals surface area contributed by atoms with E-state index in [0.29, 0.717) is 71.9 Å². The lowest BCUT2D eigenvalue weighted by atomic mass is 10.1. The van der Waals surface area contributed by atoms with Gasteiger partial charge in [-0.3, -0.25) is 14.5 Å². The van der Waals surface area contributed by atoms with Gasteiger partial charge in [-0.1, -0.05) is 11.6 Å². The number of fused-ring (bicyclic) bond motifs is 2. The summed E-state index contributed by atoms with van der Waals surface area (Å²) in [6, 6.07) is 4.57. The molecule has 2 aliphatic heterocycles. The number of hydrogen-bond acceptors (Lipinski definition) is 9. The molecule has 35 heavy (non-hydrogen) atoms. The summed E-state index contributed by atoms with van der Waals surface area (Å²) in [5, 5.41) is 19.4. The number of carbonyl (C=O) groups is 2. The molecule has 0 spiro atoms. The summed E-state index contributed by atoms with van der Waals surface area (Å²) in [7, 11) is 3.48. The molecule has 1 atom stereocenters. The minimum absolute atomic E-state index is 0.194. The predicted octanol–water partition coefficient (Wildman–Crippen LogP) is 1.48. The molecule has 1 aromatic heterocycles. The van der Waals surface area contributed by atoms with Crippen LogP contribution in [-0.4, -0.2) is 89.7 Å². The van der Waals surface area contributed by atoms with Crippen LogP contribution in [0.25, 0.3) is 5.57 Å². The summed E-state index contributed by atoms with van der Waals surface area (Å²) in [5.74, 6) is 0.857. The third kappa shape index (κ3) is 5.47. The highest BCUT2D eigenvalue weighted by atomic mass is 35.5. The molecule has 0 unspecified atom stereocenters. The second kappa shape index (κ2) is 10.9. The molecule has 0 aliphatic carbocycles. The monoisotopic (exact) mass is 501 g/mol. The Morgan fingerprint density at radius 1 is 1.20 bits per heavy atom. The number of ether oxygens (including phenoxy) is 1. The van der Waals surface area contributed by atoms with Gasteiger partial charge in [0.15, 0.2) is 0 Å². The summed E-state index contributed by atoms with van der Waals surface area (Å²) in [6.45, 7) is 1.38. The van der Waals surface area contributed by atoms with Gasteiger partial charge >= 0.3 is 0 Å². The Morgan fingerprint density at radius 2 is 2.00 bits per heavy atom. The van der Waals surface area contributed by atoms with Gasteiger partial charge in [-0.05, 0) is 25.6 Å². The number of carbonyl (C=O) groups excluding carboxylic acids is 2. The SMILES string of the molecule is CN1CCNc2ncnc3c2/C(=C/Nc2ccc(Cl)c(c2)OCCCN(C)[C@H](CO)C1=O)C(=O)N3. The molecule has 2 bridgehead atoms. The smallest absolute Gasteiger partial charge is 0.259 e. The molecule has 0 radical (unpaired) electrons. The summed E-state index contributed by atoms with van der Waals surface area (Å²) >= 11 is 6.30. The standard InChI is InChI=1S/C23H28ClN7O4/c1-30-7-3-9-35-18-10-14(4-5-16(18)24)26-11-15-19-20(27-13-28-21(19)29-22(15)33)25-6-8-31(2)23(34)17(30)12-32/h4-5,10-11,13,17,26,32H,3,6-9,12H2,1-2H3,(H2,25,27,28,29,33)/b15-11-/t17-/m1/s1. The number of amides is 2. The largest absolute Gasteiger partial charge is 0.492 e. The van der Waals surface area contributed by atoms with Gasteiger partial charge in [-0.15, -0.1) is 0 Å². The molecule has 2 amide bonds. The molecule has 2 aromatic rings. The maximum Gasteiger partial charge on any atom is 0.259 e. The number of halogens is 1. The second-order valence-corrected chi connectivity index (χ2v) is 8.72. The third-order valence-electron chi connectivity index (χ3n) is 5.93. The van der Waals surface area contributed by atoms with Crippen LogP contribution < -0.4 is 20.7 Å². The number of nitrogens with one attached hydrogen (secondary N) is 3. The second-order valence-electron chi connectivity index (χ2n) is 8.32. The number of benzene rings is 1. The number of hydrogen-bond donors (Lipinski definition) is 4. The molecule has 11 nitrogen and oxygen atoms in total. The first-order valence-corrected chi connectivity index (χ1v) is 11.6. The Kier molecular flexibility index (Phi) is 7.69. The molecule has 3 heterocycles. The lowest BCUT2D eigenvalue weighted by Gasteiger charge is -2.29. The van der Waals surface area contributed by atoms with Gasteiger partial charge in [0.25, 0.3) is 5.91 Å². The fourth-order valence-electron chi connectivity index (χ4n) is 3.92. The van der Waals surface area contributed by atoms with E-state index in [1.165, 1.54) is 6.33 Å². The number of aliphatic hydroxyl groups is 1. The van der Waals surface area contributed by atoms with Crippen molar-refractivity contribution in [3.8, 4) is 5.75 Å². The molecule has 0 saturated carbocycles. The first-order valence-electron chi connectivity index (χ1n) is 11.2. The fourth-order valence-corrected chi connectivity index (χ4v) is 4.09. The van der Waals surface area contributed by atoms with Crippen LogP contribution >= 0.6 is 11.6 Å². The maximum absolute atomic E-state index is 12.9. The molecule has 0 fully saturated rings. The van der Waals surface area contributed by atoms with Gasteiger partial charge in [0, 0.05) is 44.6 Å². The summed E-state index contributed by atoms with van der Waals surface area (Å²) in [6.07, 6.45) is 3.58. The van der Waals surface area contributed by atoms with E-state index < -0.39 is 6.04 Å². The number of likely N-dealkylation sites (N-methyl/N-ethyl adjacent to an activating group) is 2. The van der Waals surface area contributed by atoms with Crippen LogP contribution in [0.15, 0.2) is 30.7 Å². The van der Waals surface area contributed by atoms with Crippen molar-refractivity contribution >= 4 is 46.3 Å². The van der Waals surface area contributed by atoms with Crippen molar-refractivity contribution in [3.63, 3.8) is 0 Å². The van der Waals surface area contributed by atoms with Crippen molar-refractivity contribution in [2.24, 2.45) is 0 Å². The van der Waals surface area contributed by atoms with Crippen molar-refractivity contribution in [2.75, 3.05) is 62.9 Å². The van der Waals surface area contributed by atoms with E-state index in [1.807, 2.05) is 4.90 Å². The highest BCUT2D eigenvalue weighted by Crippen LogP contribution is 2.35. The maximum atomic E-state index is 12.9. The van der Waals surface area contributed by atoms with Crippen LogP contribution in [0.4, 0.5) is 17.3 Å². The number of nitrogens with zero attached hydrogens (tertiary/aromatic N) is 4. The van der Waals surface area contributed by atoms with E-state index >= 15 is 0 Å². The Bertz CT molecular complexity index is 1140. The topological polar surface area (TPSA) is 132 Å². The molecule has 186 valence electrons. The Morgan fingerprint density at radius 3 is 2.80 bits per heavy atom. The average Bonchev–Trinajstić information content (AvgIpc) is 3.17. The van der Waals surface area contributed by atoms with E-state index in [2.05, 4.69) is 25.9 Å². The zero-order valence-electron chi connectivity index (χ0n) is 19.5. The third-order valence-corrected chi connectivity index (χ3v) is 6.24. The lowest BCUT2D eigenvalue weighted by molar-refractivity contribution is -0.136. The molecule has 1 aromatic carbocycles. The van der Waals surface area contributed by atoms with Crippen molar-refractivity contribution in [3.05, 3.63) is 41.3 Å². The Hall–Kier alpha value is -3.41. The first kappa shape index (κ1) is 24.7. The number of aliphatic hydroxyl groups excluding tert-OH is 1. The van der Waals surface area contributed by atoms with E-state index in [-0.39, 0.29) is 18.4 Å². The van der Waals surface area contributed by atoms with Crippen molar-refractivity contribution in [2.45, 2.75) is 12.5 Å². The van der Waals surface area contributed by atoms with Gasteiger partial charge in [0.2, 0.25) is 5.91 Å². The summed E-state index contributed by atoms with van der Waals surface area (Å²) in [5.41, 5.74) is 1.59. The quantitative estimate of drug-likeness (QED) is 0.458. The van der Waals surface area contributed by atoms with Crippen LogP contribution in [0, 0.1) is 0 Å². The zero-order valence-corrected chi connectivity index (χ0v) is 20.3. The molecular weight excluding hydrogens is 474 g/mol. The van der Waals surface area contributed by atoms with Gasteiger partial charge in [-0.25, -0.2) is 9.97 Å². The van der Waals surface area contributed by atoms with E-state index in [9.17, 15) is 14.7 Å². The Balaban J connectivity index is 1.65. The molecule has 4 rings (SSSR count). The number of anilines is 3. The van der Waals surface area contributed by atoms with E-state index in [1.54, 1.807) is 43.4 Å². The van der Waals surface area contributed by atoms with Gasteiger partial charge in [0.1, 0.15) is 29.8 Å². The number of rotatable bonds is 1. The predicted molar refractivity (Wildman–Crippen MR) is 133 cm³/mol. The van der Waals surface area contributed by atoms with Crippen LogP contribution in [0.1, 0.15) is 12.0 Å². The van der Waals surface area contributed by atoms with Crippen LogP contribution in [0.3, 0.4) is 0 Å². The summed E-state index contributed by atoms with van der Waals surface area (Å²) in [4.78, 5) is 37.4. The lowest BCUT2D eigenvalue weighted by Crippen LogP contribution is -2.49. The molecule has 12 heteroatoms. The molecule has 0 saturated heterocycles. The molecule has 4 N–H and O–H groups in total. The van der Waals surface area contributed by atoms with E-state index in [0.717, 1.165) is 0 Å². The minimum Gasteiger partial charge on any atom is -0.492 e. The van der Waals surface area contributed by atoms with Crippen LogP contribution in [0.5, 0.6) is 5.75 Å². The van der Waals surface area contributed by atoms with Crippen molar-refractivity contribution < 1.29 is 19.4 Å². The highest BCUT2D eigenvalue weighted by molar-refractivity contribution is 6.33. The van der Waals surface area contributed by atoms with Crippen LogP contribution in [-0.2, 0) is 9.59 Å². The zero-order chi connectivity index (χ0) is 24.9. The Labute approximate surface area is 208 Å².